The molecule has 13 aromatic rings. The number of para-hydroxylation sites is 6. The SMILES string of the molecule is [2H]c1c([2H])c([2H])c2c(c1[2H])c1c([2H])c([2H])c([2H])c([2H])c1n2-c1cc(Oc2cccc(-n3[c-][n+](-c4c(-c5ccccc5)cccc4-c4ccccc4)c4ccccc43)c2)cc2c1c1ccccc1n2-c1cc(CC(C)(C)C)ccn1. The molecule has 4 heterocycles. The Kier molecular flexibility index (Phi) is 8.17. The van der Waals surface area contributed by atoms with Crippen molar-refractivity contribution in [3.8, 4) is 56.6 Å². The van der Waals surface area contributed by atoms with Crippen molar-refractivity contribution in [3.63, 3.8) is 0 Å². The maximum Gasteiger partial charge on any atom is 0.269 e. The van der Waals surface area contributed by atoms with Crippen LogP contribution in [0, 0.1) is 11.7 Å². The van der Waals surface area contributed by atoms with Crippen LogP contribution < -0.4 is 9.30 Å². The van der Waals surface area contributed by atoms with Gasteiger partial charge < -0.3 is 9.30 Å². The predicted molar refractivity (Wildman–Crippen MR) is 291 cm³/mol. The van der Waals surface area contributed by atoms with Crippen LogP contribution in [0.3, 0.4) is 0 Å². The van der Waals surface area contributed by atoms with Crippen LogP contribution in [0.25, 0.3) is 99.8 Å². The number of pyridine rings is 1. The Morgan fingerprint density at radius 2 is 1.18 bits per heavy atom. The van der Waals surface area contributed by atoms with Crippen molar-refractivity contribution >= 4 is 54.6 Å². The molecular weight excluding hydrogens is 867 g/mol. The van der Waals surface area contributed by atoms with Gasteiger partial charge in [0.1, 0.15) is 17.3 Å². The summed E-state index contributed by atoms with van der Waals surface area (Å²) in [4.78, 5) is 4.96. The van der Waals surface area contributed by atoms with Crippen LogP contribution >= 0.6 is 0 Å². The van der Waals surface area contributed by atoms with Gasteiger partial charge in [0.15, 0.2) is 0 Å². The first-order valence-electron chi connectivity index (χ1n) is 27.7. The summed E-state index contributed by atoms with van der Waals surface area (Å²) in [6.45, 7) is 6.57. The van der Waals surface area contributed by atoms with E-state index >= 15 is 0 Å². The summed E-state index contributed by atoms with van der Waals surface area (Å²) in [5.41, 5.74) is 10.6. The molecule has 0 amide bonds. The molecule has 0 fully saturated rings. The summed E-state index contributed by atoms with van der Waals surface area (Å²) >= 11 is 0. The summed E-state index contributed by atoms with van der Waals surface area (Å²) in [6.07, 6.45) is 6.34. The summed E-state index contributed by atoms with van der Waals surface area (Å²) in [7, 11) is 0. The first-order valence-corrected chi connectivity index (χ1v) is 23.7. The van der Waals surface area contributed by atoms with Crippen LogP contribution in [-0.4, -0.2) is 18.7 Å². The third kappa shape index (κ3) is 7.35. The second-order valence-corrected chi connectivity index (χ2v) is 19.0. The second-order valence-electron chi connectivity index (χ2n) is 19.0. The zero-order chi connectivity index (χ0) is 54.6. The molecule has 0 atom stereocenters. The lowest BCUT2D eigenvalue weighted by Crippen LogP contribution is -2.31. The van der Waals surface area contributed by atoms with Gasteiger partial charge in [-0.1, -0.05) is 184 Å². The van der Waals surface area contributed by atoms with Gasteiger partial charge in [0.25, 0.3) is 6.33 Å². The van der Waals surface area contributed by atoms with Gasteiger partial charge in [-0.3, -0.25) is 13.7 Å². The molecule has 340 valence electrons. The molecule has 9 aromatic carbocycles. The molecule has 0 spiro atoms. The molecule has 0 N–H and O–H groups in total. The molecule has 0 unspecified atom stereocenters. The van der Waals surface area contributed by atoms with E-state index in [2.05, 4.69) is 96.9 Å². The minimum atomic E-state index is -0.515. The topological polar surface area (TPSA) is 40.8 Å². The monoisotopic (exact) mass is 923 g/mol. The van der Waals surface area contributed by atoms with Crippen molar-refractivity contribution in [3.05, 3.63) is 242 Å². The number of fused-ring (bicyclic) bond motifs is 7. The number of hydrogen-bond donors (Lipinski definition) is 0. The van der Waals surface area contributed by atoms with Crippen LogP contribution in [0.5, 0.6) is 11.5 Å². The number of ether oxygens (including phenoxy) is 1. The molecule has 0 radical (unpaired) electrons. The van der Waals surface area contributed by atoms with E-state index in [0.717, 1.165) is 67.5 Å². The Morgan fingerprint density at radius 3 is 1.89 bits per heavy atom. The summed E-state index contributed by atoms with van der Waals surface area (Å²) < 4.78 is 87.7. The quantitative estimate of drug-likeness (QED) is 0.107. The van der Waals surface area contributed by atoms with Crippen LogP contribution in [0.4, 0.5) is 0 Å². The molecule has 6 heteroatoms. The average Bonchev–Trinajstić information content (AvgIpc) is 4.33. The van der Waals surface area contributed by atoms with Crippen LogP contribution in [0.15, 0.2) is 230 Å². The Bertz CT molecular complexity index is 4500. The molecule has 0 saturated carbocycles. The Hall–Kier alpha value is -9.00. The number of nitrogens with zero attached hydrogens (tertiary/aromatic N) is 5. The molecule has 4 aromatic heterocycles. The van der Waals surface area contributed by atoms with Crippen molar-refractivity contribution in [1.82, 2.24) is 18.7 Å². The Balaban J connectivity index is 1.06. The standard InChI is InChI=1S/C65H49N5O/c1-65(2,3)42-44-36-37-66-62(38-44)70-57-33-15-12-28-54(57)63-60(69-55-31-13-10-26-52(55)53-27-11-14-32-56(53)69)40-49(41-61(63)70)71-48-25-18-24-47(39-48)67-43-68(59-35-17-16-34-58(59)67)64-50(45-20-6-4-7-21-45)29-19-30-51(64)46-22-8-5-9-23-46/h4-41H,42H2,1-3H3/i10D,11D,13D,14D,26D,27D,31D,32D. The number of benzene rings is 9. The first-order chi connectivity index (χ1) is 38.2. The van der Waals surface area contributed by atoms with Crippen molar-refractivity contribution in [1.29, 1.82) is 0 Å². The summed E-state index contributed by atoms with van der Waals surface area (Å²) in [6, 6.07) is 55.0. The van der Waals surface area contributed by atoms with Crippen LogP contribution in [0.2, 0.25) is 0 Å². The van der Waals surface area contributed by atoms with Crippen molar-refractivity contribution in [2.24, 2.45) is 5.41 Å². The van der Waals surface area contributed by atoms with Crippen molar-refractivity contribution in [2.45, 2.75) is 27.2 Å². The third-order valence-corrected chi connectivity index (χ3v) is 13.1. The molecule has 6 nitrogen and oxygen atoms in total. The molecule has 0 aliphatic heterocycles. The molecular formula is C65H49N5O. The first kappa shape index (κ1) is 34.3. The highest BCUT2D eigenvalue weighted by Crippen LogP contribution is 2.43. The number of aromatic nitrogens is 5. The zero-order valence-electron chi connectivity index (χ0n) is 47.2. The fourth-order valence-corrected chi connectivity index (χ4v) is 10.2. The lowest BCUT2D eigenvalue weighted by atomic mass is 9.88. The van der Waals surface area contributed by atoms with E-state index in [1.165, 1.54) is 0 Å². The number of hydrogen-bond acceptors (Lipinski definition) is 2. The van der Waals surface area contributed by atoms with Gasteiger partial charge in [0, 0.05) is 39.9 Å². The highest BCUT2D eigenvalue weighted by molar-refractivity contribution is 6.16. The van der Waals surface area contributed by atoms with Gasteiger partial charge >= 0.3 is 0 Å². The minimum absolute atomic E-state index is 0.00293. The third-order valence-electron chi connectivity index (χ3n) is 13.1. The van der Waals surface area contributed by atoms with Gasteiger partial charge in [-0.15, -0.1) is 0 Å². The molecule has 0 aliphatic rings. The highest BCUT2D eigenvalue weighted by Gasteiger charge is 2.24. The minimum Gasteiger partial charge on any atom is -0.458 e. The summed E-state index contributed by atoms with van der Waals surface area (Å²) in [5.74, 6) is 1.44. The predicted octanol–water partition coefficient (Wildman–Crippen LogP) is 16.0. The van der Waals surface area contributed by atoms with E-state index in [9.17, 15) is 5.48 Å². The normalized spacial score (nSPS) is 13.5. The second kappa shape index (κ2) is 16.9. The smallest absolute Gasteiger partial charge is 0.269 e. The van der Waals surface area contributed by atoms with E-state index in [-0.39, 0.29) is 27.2 Å². The Labute approximate surface area is 423 Å². The molecule has 0 bridgehead atoms. The van der Waals surface area contributed by atoms with Gasteiger partial charge in [0.05, 0.1) is 61.1 Å². The number of rotatable bonds is 9. The number of imidazole rings is 1. The van der Waals surface area contributed by atoms with E-state index in [1.807, 2.05) is 114 Å². The van der Waals surface area contributed by atoms with Crippen LogP contribution in [-0.2, 0) is 6.42 Å². The lowest BCUT2D eigenvalue weighted by molar-refractivity contribution is -0.571. The molecule has 71 heavy (non-hydrogen) atoms. The van der Waals surface area contributed by atoms with E-state index in [1.54, 1.807) is 16.8 Å². The lowest BCUT2D eigenvalue weighted by Gasteiger charge is -2.19. The van der Waals surface area contributed by atoms with E-state index in [4.69, 9.17) is 15.2 Å². The summed E-state index contributed by atoms with van der Waals surface area (Å²) in [5, 5.41) is 1.38. The van der Waals surface area contributed by atoms with Crippen LogP contribution in [0.1, 0.15) is 37.3 Å². The van der Waals surface area contributed by atoms with Gasteiger partial charge in [-0.05, 0) is 88.1 Å². The Morgan fingerprint density at radius 1 is 0.549 bits per heavy atom. The van der Waals surface area contributed by atoms with Gasteiger partial charge in [0.2, 0.25) is 0 Å². The average molecular weight is 924 g/mol. The molecule has 13 rings (SSSR count). The van der Waals surface area contributed by atoms with Crippen molar-refractivity contribution in [2.75, 3.05) is 0 Å². The maximum atomic E-state index is 9.48. The maximum absolute atomic E-state index is 9.48. The van der Waals surface area contributed by atoms with E-state index < -0.39 is 48.3 Å². The molecule has 0 aliphatic carbocycles. The zero-order valence-corrected chi connectivity index (χ0v) is 39.2. The largest absolute Gasteiger partial charge is 0.458 e. The van der Waals surface area contributed by atoms with Gasteiger partial charge in [-0.2, -0.15) is 0 Å². The fraction of sp³-hybridized carbons (Fsp3) is 0.0769. The van der Waals surface area contributed by atoms with Crippen molar-refractivity contribution < 1.29 is 20.3 Å². The van der Waals surface area contributed by atoms with E-state index in [0.29, 0.717) is 33.9 Å². The highest BCUT2D eigenvalue weighted by atomic mass is 16.5. The van der Waals surface area contributed by atoms with Gasteiger partial charge in [-0.25, -0.2) is 4.98 Å². The molecule has 0 saturated heterocycles. The fourth-order valence-electron chi connectivity index (χ4n) is 10.2.